The number of halogens is 3. The van der Waals surface area contributed by atoms with Gasteiger partial charge in [-0.05, 0) is 54.3 Å². The molecule has 1 aliphatic carbocycles. The van der Waals surface area contributed by atoms with Crippen molar-refractivity contribution in [2.75, 3.05) is 0 Å². The van der Waals surface area contributed by atoms with E-state index in [1.54, 1.807) is 24.3 Å². The molecular weight excluding hydrogens is 350 g/mol. The first kappa shape index (κ1) is 15.5. The summed E-state index contributed by atoms with van der Waals surface area (Å²) in [5, 5.41) is 4.60. The highest BCUT2D eigenvalue weighted by atomic mass is 35.5. The Morgan fingerprint density at radius 2 is 2.04 bits per heavy atom. The summed E-state index contributed by atoms with van der Waals surface area (Å²) in [4.78, 5) is 15.7. The smallest absolute Gasteiger partial charge is 0.269 e. The van der Waals surface area contributed by atoms with Crippen molar-refractivity contribution in [3.05, 3.63) is 69.1 Å². The van der Waals surface area contributed by atoms with Crippen molar-refractivity contribution < 1.29 is 9.18 Å². The molecule has 0 unspecified atom stereocenters. The molecule has 0 aliphatic heterocycles. The average Bonchev–Trinajstić information content (AvgIpc) is 3.09. The zero-order valence-corrected chi connectivity index (χ0v) is 14.0. The molecule has 3 nitrogen and oxygen atoms in total. The van der Waals surface area contributed by atoms with Crippen LogP contribution in [0.15, 0.2) is 36.4 Å². The summed E-state index contributed by atoms with van der Waals surface area (Å²) in [6, 6.07) is 9.78. The summed E-state index contributed by atoms with van der Waals surface area (Å²) in [7, 11) is 0. The summed E-state index contributed by atoms with van der Waals surface area (Å²) in [6.45, 7) is 0. The topological polar surface area (TPSA) is 44.9 Å². The molecule has 24 heavy (non-hydrogen) atoms. The number of hydrogen-bond donors (Lipinski definition) is 2. The van der Waals surface area contributed by atoms with Gasteiger partial charge in [-0.25, -0.2) is 4.39 Å². The molecule has 1 aromatic heterocycles. The number of hydrogen-bond acceptors (Lipinski definition) is 1. The van der Waals surface area contributed by atoms with Gasteiger partial charge in [-0.3, -0.25) is 4.79 Å². The number of nitrogens with one attached hydrogen (secondary N) is 2. The van der Waals surface area contributed by atoms with Crippen LogP contribution in [0.25, 0.3) is 10.9 Å². The molecule has 122 valence electrons. The van der Waals surface area contributed by atoms with Crippen molar-refractivity contribution in [2.24, 2.45) is 0 Å². The van der Waals surface area contributed by atoms with Crippen molar-refractivity contribution in [3.63, 3.8) is 0 Å². The van der Waals surface area contributed by atoms with E-state index in [2.05, 4.69) is 10.3 Å². The van der Waals surface area contributed by atoms with Gasteiger partial charge >= 0.3 is 0 Å². The van der Waals surface area contributed by atoms with Crippen molar-refractivity contribution in [1.29, 1.82) is 0 Å². The Hall–Kier alpha value is -2.04. The lowest BCUT2D eigenvalue weighted by atomic mass is 10.1. The third-order valence-electron chi connectivity index (χ3n) is 4.41. The first-order valence-electron chi connectivity index (χ1n) is 7.59. The normalized spacial score (nSPS) is 16.4. The number of aromatic nitrogens is 1. The lowest BCUT2D eigenvalue weighted by molar-refractivity contribution is 0.0932. The number of aryl methyl sites for hydroxylation is 1. The Morgan fingerprint density at radius 3 is 2.88 bits per heavy atom. The van der Waals surface area contributed by atoms with Gasteiger partial charge in [0, 0.05) is 15.9 Å². The minimum absolute atomic E-state index is 0.140. The maximum atomic E-state index is 13.3. The molecule has 0 fully saturated rings. The molecule has 1 atom stereocenters. The first-order valence-corrected chi connectivity index (χ1v) is 8.34. The molecule has 1 heterocycles. The highest BCUT2D eigenvalue weighted by Gasteiger charge is 2.26. The number of carbonyl (C=O) groups excluding carboxylic acids is 1. The number of carbonyl (C=O) groups is 1. The number of H-pyrrole nitrogens is 1. The van der Waals surface area contributed by atoms with Gasteiger partial charge in [-0.15, -0.1) is 0 Å². The number of fused-ring (bicyclic) bond motifs is 2. The highest BCUT2D eigenvalue weighted by molar-refractivity contribution is 6.39. The maximum Gasteiger partial charge on any atom is 0.269 e. The molecule has 0 spiro atoms. The Kier molecular flexibility index (Phi) is 3.74. The molecule has 2 N–H and O–H groups in total. The van der Waals surface area contributed by atoms with Crippen LogP contribution >= 0.6 is 23.2 Å². The zero-order chi connectivity index (χ0) is 16.8. The SMILES string of the molecule is O=C(N[C@H]1CCc2cc(F)ccc21)c1[nH]c2ccc(Cl)cc2c1Cl. The van der Waals surface area contributed by atoms with E-state index in [0.29, 0.717) is 21.1 Å². The number of amides is 1. The Bertz CT molecular complexity index is 967. The third-order valence-corrected chi connectivity index (χ3v) is 5.04. The maximum absolute atomic E-state index is 13.3. The summed E-state index contributed by atoms with van der Waals surface area (Å²) < 4.78 is 13.3. The molecule has 0 saturated heterocycles. The number of benzene rings is 2. The summed E-state index contributed by atoms with van der Waals surface area (Å²) in [6.07, 6.45) is 1.49. The van der Waals surface area contributed by atoms with E-state index in [4.69, 9.17) is 23.2 Å². The highest BCUT2D eigenvalue weighted by Crippen LogP contribution is 2.33. The van der Waals surface area contributed by atoms with Gasteiger partial charge in [-0.2, -0.15) is 0 Å². The van der Waals surface area contributed by atoms with E-state index in [9.17, 15) is 9.18 Å². The van der Waals surface area contributed by atoms with Crippen LogP contribution in [0.4, 0.5) is 4.39 Å². The van der Waals surface area contributed by atoms with E-state index in [0.717, 1.165) is 29.5 Å². The largest absolute Gasteiger partial charge is 0.349 e. The van der Waals surface area contributed by atoms with Crippen LogP contribution < -0.4 is 5.32 Å². The van der Waals surface area contributed by atoms with E-state index in [1.165, 1.54) is 12.1 Å². The van der Waals surface area contributed by atoms with Crippen molar-refractivity contribution in [3.8, 4) is 0 Å². The second-order valence-electron chi connectivity index (χ2n) is 5.91. The van der Waals surface area contributed by atoms with E-state index >= 15 is 0 Å². The number of aromatic amines is 1. The van der Waals surface area contributed by atoms with E-state index < -0.39 is 0 Å². The Labute approximate surface area is 147 Å². The molecule has 0 saturated carbocycles. The predicted octanol–water partition coefficient (Wildman–Crippen LogP) is 5.03. The minimum Gasteiger partial charge on any atom is -0.349 e. The minimum atomic E-state index is -0.283. The van der Waals surface area contributed by atoms with Crippen molar-refractivity contribution in [1.82, 2.24) is 10.3 Å². The van der Waals surface area contributed by atoms with E-state index in [1.807, 2.05) is 0 Å². The van der Waals surface area contributed by atoms with Crippen molar-refractivity contribution >= 4 is 40.0 Å². The van der Waals surface area contributed by atoms with Crippen LogP contribution in [0, 0.1) is 5.82 Å². The molecule has 2 aromatic carbocycles. The fourth-order valence-electron chi connectivity index (χ4n) is 3.25. The molecule has 1 amide bonds. The lowest BCUT2D eigenvalue weighted by Crippen LogP contribution is -2.27. The Morgan fingerprint density at radius 1 is 1.21 bits per heavy atom. The molecule has 1 aliphatic rings. The van der Waals surface area contributed by atoms with Gasteiger partial charge in [0.25, 0.3) is 5.91 Å². The van der Waals surface area contributed by atoms with Gasteiger partial charge in [0.15, 0.2) is 0 Å². The monoisotopic (exact) mass is 362 g/mol. The molecule has 4 rings (SSSR count). The summed E-state index contributed by atoms with van der Waals surface area (Å²) in [5.74, 6) is -0.536. The molecule has 0 radical (unpaired) electrons. The third kappa shape index (κ3) is 2.56. The van der Waals surface area contributed by atoms with Crippen LogP contribution in [-0.4, -0.2) is 10.9 Å². The molecule has 6 heteroatoms. The van der Waals surface area contributed by atoms with Gasteiger partial charge in [0.05, 0.1) is 11.1 Å². The van der Waals surface area contributed by atoms with Crippen LogP contribution in [0.5, 0.6) is 0 Å². The summed E-state index contributed by atoms with van der Waals surface area (Å²) >= 11 is 12.3. The van der Waals surface area contributed by atoms with Crippen LogP contribution in [0.2, 0.25) is 10.0 Å². The molecule has 0 bridgehead atoms. The fourth-order valence-corrected chi connectivity index (χ4v) is 3.72. The van der Waals surface area contributed by atoms with Crippen LogP contribution in [0.3, 0.4) is 0 Å². The van der Waals surface area contributed by atoms with Crippen LogP contribution in [-0.2, 0) is 6.42 Å². The van der Waals surface area contributed by atoms with Gasteiger partial charge in [0.2, 0.25) is 0 Å². The molecular formula is C18H13Cl2FN2O. The van der Waals surface area contributed by atoms with Crippen LogP contribution in [0.1, 0.15) is 34.1 Å². The average molecular weight is 363 g/mol. The lowest BCUT2D eigenvalue weighted by Gasteiger charge is -2.13. The second-order valence-corrected chi connectivity index (χ2v) is 6.73. The van der Waals surface area contributed by atoms with E-state index in [-0.39, 0.29) is 17.8 Å². The second kappa shape index (κ2) is 5.80. The Balaban J connectivity index is 1.63. The number of rotatable bonds is 2. The quantitative estimate of drug-likeness (QED) is 0.659. The fraction of sp³-hybridized carbons (Fsp3) is 0.167. The van der Waals surface area contributed by atoms with Gasteiger partial charge < -0.3 is 10.3 Å². The van der Waals surface area contributed by atoms with Crippen molar-refractivity contribution in [2.45, 2.75) is 18.9 Å². The standard InChI is InChI=1S/C18H13Cl2FN2O/c19-10-2-6-15-13(8-10)16(20)17(22-15)18(24)23-14-5-1-9-7-11(21)3-4-12(9)14/h2-4,6-8,14,22H,1,5H2,(H,23,24)/t14-/m0/s1. The molecule has 3 aromatic rings. The summed E-state index contributed by atoms with van der Waals surface area (Å²) in [5.41, 5.74) is 2.96. The predicted molar refractivity (Wildman–Crippen MR) is 93.2 cm³/mol. The van der Waals surface area contributed by atoms with Gasteiger partial charge in [0.1, 0.15) is 11.5 Å². The zero-order valence-electron chi connectivity index (χ0n) is 12.5. The first-order chi connectivity index (χ1) is 11.5. The van der Waals surface area contributed by atoms with Gasteiger partial charge in [-0.1, -0.05) is 29.3 Å².